The fraction of sp³-hybridized carbons (Fsp3) is 0.0667. The molecule has 0 aliphatic rings. The van der Waals surface area contributed by atoms with Crippen molar-refractivity contribution in [3.8, 4) is 11.3 Å². The van der Waals surface area contributed by atoms with Gasteiger partial charge in [0.2, 0.25) is 0 Å². The van der Waals surface area contributed by atoms with Crippen LogP contribution in [0.3, 0.4) is 0 Å². The van der Waals surface area contributed by atoms with E-state index in [4.69, 9.17) is 0 Å². The largest absolute Gasteiger partial charge is 0.350 e. The Labute approximate surface area is 109 Å². The molecule has 3 aromatic heterocycles. The Hall–Kier alpha value is -2.62. The fourth-order valence-corrected chi connectivity index (χ4v) is 2.51. The molecule has 4 nitrogen and oxygen atoms in total. The number of benzene rings is 1. The fourth-order valence-electron chi connectivity index (χ4n) is 2.51. The van der Waals surface area contributed by atoms with Crippen molar-refractivity contribution in [3.63, 3.8) is 0 Å². The monoisotopic (exact) mass is 248 g/mol. The molecule has 19 heavy (non-hydrogen) atoms. The van der Waals surface area contributed by atoms with Crippen LogP contribution in [0.1, 0.15) is 0 Å². The van der Waals surface area contributed by atoms with Crippen LogP contribution in [-0.4, -0.2) is 19.5 Å². The summed E-state index contributed by atoms with van der Waals surface area (Å²) in [4.78, 5) is 12.1. The van der Waals surface area contributed by atoms with Crippen LogP contribution in [0.25, 0.3) is 33.3 Å². The van der Waals surface area contributed by atoms with Gasteiger partial charge in [0, 0.05) is 35.9 Å². The van der Waals surface area contributed by atoms with E-state index < -0.39 is 0 Å². The molecule has 92 valence electrons. The van der Waals surface area contributed by atoms with Gasteiger partial charge in [-0.25, -0.2) is 9.97 Å². The standard InChI is InChI=1S/C15H12N4/c1-19-9-11(10-4-2-3-5-14(10)19)13-8-17-15-12(18-13)6-7-16-15/h2-9H,1H3,(H,16,17). The Bertz CT molecular complexity index is 885. The highest BCUT2D eigenvalue weighted by Gasteiger charge is 2.10. The van der Waals surface area contributed by atoms with Gasteiger partial charge in [-0.1, -0.05) is 18.2 Å². The number of para-hydroxylation sites is 1. The van der Waals surface area contributed by atoms with Crippen molar-refractivity contribution in [2.24, 2.45) is 7.05 Å². The summed E-state index contributed by atoms with van der Waals surface area (Å²) in [5.74, 6) is 0. The number of nitrogens with one attached hydrogen (secondary N) is 1. The van der Waals surface area contributed by atoms with E-state index in [9.17, 15) is 0 Å². The van der Waals surface area contributed by atoms with Crippen molar-refractivity contribution < 1.29 is 0 Å². The zero-order chi connectivity index (χ0) is 12.8. The lowest BCUT2D eigenvalue weighted by Gasteiger charge is -1.98. The molecule has 4 heteroatoms. The molecule has 0 aliphatic heterocycles. The second-order valence-electron chi connectivity index (χ2n) is 4.64. The first-order chi connectivity index (χ1) is 9.33. The highest BCUT2D eigenvalue weighted by molar-refractivity contribution is 5.95. The van der Waals surface area contributed by atoms with E-state index in [0.29, 0.717) is 0 Å². The molecule has 0 saturated heterocycles. The van der Waals surface area contributed by atoms with Crippen LogP contribution >= 0.6 is 0 Å². The van der Waals surface area contributed by atoms with Crippen molar-refractivity contribution in [2.75, 3.05) is 0 Å². The van der Waals surface area contributed by atoms with Crippen molar-refractivity contribution in [1.29, 1.82) is 0 Å². The van der Waals surface area contributed by atoms with Crippen molar-refractivity contribution in [1.82, 2.24) is 19.5 Å². The Morgan fingerprint density at radius 2 is 2.05 bits per heavy atom. The number of H-pyrrole nitrogens is 1. The molecule has 0 atom stereocenters. The maximum atomic E-state index is 4.66. The van der Waals surface area contributed by atoms with E-state index in [-0.39, 0.29) is 0 Å². The lowest BCUT2D eigenvalue weighted by atomic mass is 10.1. The zero-order valence-electron chi connectivity index (χ0n) is 10.5. The minimum atomic E-state index is 0.823. The summed E-state index contributed by atoms with van der Waals surface area (Å²) in [6.45, 7) is 0. The molecule has 0 bridgehead atoms. The molecule has 4 aromatic rings. The number of nitrogens with zero attached hydrogens (tertiary/aromatic N) is 3. The normalized spacial score (nSPS) is 11.4. The molecular formula is C15H12N4. The first-order valence-corrected chi connectivity index (χ1v) is 6.17. The average Bonchev–Trinajstić information content (AvgIpc) is 3.03. The Morgan fingerprint density at radius 1 is 1.16 bits per heavy atom. The highest BCUT2D eigenvalue weighted by atomic mass is 14.9. The average molecular weight is 248 g/mol. The maximum Gasteiger partial charge on any atom is 0.156 e. The van der Waals surface area contributed by atoms with Crippen LogP contribution in [0.2, 0.25) is 0 Å². The molecule has 0 aliphatic carbocycles. The van der Waals surface area contributed by atoms with E-state index in [1.54, 1.807) is 0 Å². The second kappa shape index (κ2) is 3.68. The van der Waals surface area contributed by atoms with Crippen LogP contribution in [0.15, 0.2) is 48.9 Å². The summed E-state index contributed by atoms with van der Waals surface area (Å²) < 4.78 is 2.12. The third-order valence-corrected chi connectivity index (χ3v) is 3.43. The summed E-state index contributed by atoms with van der Waals surface area (Å²) >= 11 is 0. The number of fused-ring (bicyclic) bond motifs is 2. The second-order valence-corrected chi connectivity index (χ2v) is 4.64. The van der Waals surface area contributed by atoms with Crippen LogP contribution < -0.4 is 0 Å². The number of hydrogen-bond donors (Lipinski definition) is 1. The molecule has 0 amide bonds. The van der Waals surface area contributed by atoms with E-state index in [2.05, 4.69) is 37.8 Å². The third kappa shape index (κ3) is 1.46. The molecule has 1 aromatic carbocycles. The van der Waals surface area contributed by atoms with Gasteiger partial charge in [0.25, 0.3) is 0 Å². The molecule has 0 radical (unpaired) electrons. The van der Waals surface area contributed by atoms with Crippen LogP contribution in [0.4, 0.5) is 0 Å². The van der Waals surface area contributed by atoms with E-state index >= 15 is 0 Å². The summed E-state index contributed by atoms with van der Waals surface area (Å²) in [7, 11) is 2.05. The molecular weight excluding hydrogens is 236 g/mol. The lowest BCUT2D eigenvalue weighted by molar-refractivity contribution is 0.969. The Morgan fingerprint density at radius 3 is 3.00 bits per heavy atom. The summed E-state index contributed by atoms with van der Waals surface area (Å²) in [5, 5.41) is 1.20. The number of aryl methyl sites for hydroxylation is 1. The van der Waals surface area contributed by atoms with Gasteiger partial charge in [-0.15, -0.1) is 0 Å². The number of aromatic nitrogens is 4. The SMILES string of the molecule is Cn1cc(-c2cnc3[nH]ccc3n2)c2ccccc21. The van der Waals surface area contributed by atoms with Crippen molar-refractivity contribution in [2.45, 2.75) is 0 Å². The molecule has 0 spiro atoms. The van der Waals surface area contributed by atoms with Gasteiger partial charge >= 0.3 is 0 Å². The maximum absolute atomic E-state index is 4.66. The van der Waals surface area contributed by atoms with Gasteiger partial charge in [0.1, 0.15) is 5.52 Å². The Balaban J connectivity index is 2.03. The minimum Gasteiger partial charge on any atom is -0.350 e. The van der Waals surface area contributed by atoms with Gasteiger partial charge in [-0.05, 0) is 12.1 Å². The van der Waals surface area contributed by atoms with Crippen molar-refractivity contribution >= 4 is 22.1 Å². The Kier molecular flexibility index (Phi) is 2.00. The number of hydrogen-bond acceptors (Lipinski definition) is 2. The summed E-state index contributed by atoms with van der Waals surface area (Å²) in [6.07, 6.45) is 5.78. The van der Waals surface area contributed by atoms with Crippen LogP contribution in [-0.2, 0) is 7.05 Å². The van der Waals surface area contributed by atoms with Gasteiger partial charge in [0.15, 0.2) is 5.65 Å². The van der Waals surface area contributed by atoms with Crippen LogP contribution in [0, 0.1) is 0 Å². The van der Waals surface area contributed by atoms with E-state index in [1.165, 1.54) is 10.9 Å². The molecule has 1 N–H and O–H groups in total. The zero-order valence-corrected chi connectivity index (χ0v) is 10.5. The molecule has 0 fully saturated rings. The highest BCUT2D eigenvalue weighted by Crippen LogP contribution is 2.29. The van der Waals surface area contributed by atoms with Gasteiger partial charge < -0.3 is 9.55 Å². The predicted molar refractivity (Wildman–Crippen MR) is 75.8 cm³/mol. The smallest absolute Gasteiger partial charge is 0.156 e. The quantitative estimate of drug-likeness (QED) is 0.562. The number of rotatable bonds is 1. The van der Waals surface area contributed by atoms with Gasteiger partial charge in [-0.2, -0.15) is 0 Å². The first kappa shape index (κ1) is 10.3. The molecule has 0 unspecified atom stereocenters. The topological polar surface area (TPSA) is 46.5 Å². The van der Waals surface area contributed by atoms with Crippen molar-refractivity contribution in [3.05, 3.63) is 48.9 Å². The molecule has 3 heterocycles. The minimum absolute atomic E-state index is 0.823. The third-order valence-electron chi connectivity index (χ3n) is 3.43. The van der Waals surface area contributed by atoms with Gasteiger partial charge in [0.05, 0.1) is 11.9 Å². The molecule has 4 rings (SSSR count). The van der Waals surface area contributed by atoms with E-state index in [1.807, 2.05) is 37.6 Å². The van der Waals surface area contributed by atoms with E-state index in [0.717, 1.165) is 22.4 Å². The predicted octanol–water partition coefficient (Wildman–Crippen LogP) is 3.12. The summed E-state index contributed by atoms with van der Waals surface area (Å²) in [6, 6.07) is 10.3. The van der Waals surface area contributed by atoms with Gasteiger partial charge in [-0.3, -0.25) is 0 Å². The first-order valence-electron chi connectivity index (χ1n) is 6.17. The van der Waals surface area contributed by atoms with Crippen LogP contribution in [0.5, 0.6) is 0 Å². The summed E-state index contributed by atoms with van der Waals surface area (Å²) in [5.41, 5.74) is 4.94. The number of aromatic amines is 1. The lowest BCUT2D eigenvalue weighted by Crippen LogP contribution is -1.86. The molecule has 0 saturated carbocycles.